The number of nitrogens with one attached hydrogen (secondary N) is 1. The van der Waals surface area contributed by atoms with Crippen LogP contribution in [0.4, 0.5) is 23.2 Å². The number of carbonyl (C=O) groups is 1. The van der Waals surface area contributed by atoms with Crippen molar-refractivity contribution in [3.63, 3.8) is 0 Å². The van der Waals surface area contributed by atoms with Gasteiger partial charge in [-0.3, -0.25) is 9.59 Å². The first-order chi connectivity index (χ1) is 14.8. The first-order valence-corrected chi connectivity index (χ1v) is 10.8. The molecule has 1 N–H and O–H groups in total. The van der Waals surface area contributed by atoms with Gasteiger partial charge in [0, 0.05) is 17.8 Å². The van der Waals surface area contributed by atoms with Gasteiger partial charge in [0.1, 0.15) is 16.9 Å². The second-order valence-corrected chi connectivity index (χ2v) is 9.45. The molecule has 0 radical (unpaired) electrons. The Kier molecular flexibility index (Phi) is 4.95. The number of carbonyl (C=O) groups excluding carboxylic acids is 1. The van der Waals surface area contributed by atoms with Crippen LogP contribution in [0.2, 0.25) is 0 Å². The van der Waals surface area contributed by atoms with Crippen molar-refractivity contribution in [2.75, 3.05) is 16.8 Å². The molecule has 0 atom stereocenters. The summed E-state index contributed by atoms with van der Waals surface area (Å²) >= 11 is 0. The zero-order chi connectivity index (χ0) is 23.4. The number of rotatable bonds is 3. The van der Waals surface area contributed by atoms with Crippen molar-refractivity contribution in [2.24, 2.45) is 0 Å². The molecular formula is C19H13F4N3O5S. The van der Waals surface area contributed by atoms with Crippen LogP contribution in [-0.4, -0.2) is 30.4 Å². The van der Waals surface area contributed by atoms with Crippen LogP contribution in [0, 0.1) is 11.0 Å². The number of alkyl halides is 3. The van der Waals surface area contributed by atoms with Gasteiger partial charge in [-0.15, -0.1) is 0 Å². The molecule has 3 aromatic rings. The zero-order valence-electron chi connectivity index (χ0n) is 15.9. The number of hydrogen-bond acceptors (Lipinski definition) is 5. The van der Waals surface area contributed by atoms with Crippen molar-refractivity contribution in [3.8, 4) is 0 Å². The highest BCUT2D eigenvalue weighted by Crippen LogP contribution is 2.30. The SMILES string of the molecule is O=C(Nc1cc2c(=O)n(C3CS(=O)(=O)C3)ccc2[n+]([O-])c1)c1cc(F)cc(C(F)(F)F)c1. The Labute approximate surface area is 177 Å². The monoisotopic (exact) mass is 471 g/mol. The fourth-order valence-corrected chi connectivity index (χ4v) is 4.81. The molecule has 1 amide bonds. The number of hydrogen-bond donors (Lipinski definition) is 1. The van der Waals surface area contributed by atoms with E-state index in [0.29, 0.717) is 12.1 Å². The van der Waals surface area contributed by atoms with Crippen LogP contribution in [-0.2, 0) is 16.0 Å². The van der Waals surface area contributed by atoms with Gasteiger partial charge in [0.25, 0.3) is 11.5 Å². The van der Waals surface area contributed by atoms with E-state index in [2.05, 4.69) is 5.32 Å². The number of sulfone groups is 1. The average molecular weight is 471 g/mol. The molecule has 1 saturated heterocycles. The lowest BCUT2D eigenvalue weighted by Gasteiger charge is -2.27. The number of halogens is 4. The van der Waals surface area contributed by atoms with Gasteiger partial charge in [0.15, 0.2) is 9.84 Å². The summed E-state index contributed by atoms with van der Waals surface area (Å²) in [5, 5.41) is 14.3. The zero-order valence-corrected chi connectivity index (χ0v) is 16.7. The molecule has 1 aromatic carbocycles. The van der Waals surface area contributed by atoms with Gasteiger partial charge in [0.2, 0.25) is 11.7 Å². The van der Waals surface area contributed by atoms with Crippen molar-refractivity contribution in [1.82, 2.24) is 4.57 Å². The smallest absolute Gasteiger partial charge is 0.416 e. The van der Waals surface area contributed by atoms with Crippen LogP contribution in [0.15, 0.2) is 47.5 Å². The number of amides is 1. The molecule has 168 valence electrons. The topological polar surface area (TPSA) is 112 Å². The summed E-state index contributed by atoms with van der Waals surface area (Å²) in [6.07, 6.45) is -2.69. The lowest BCUT2D eigenvalue weighted by molar-refractivity contribution is -0.576. The normalized spacial score (nSPS) is 16.0. The van der Waals surface area contributed by atoms with Gasteiger partial charge in [0.05, 0.1) is 23.1 Å². The third kappa shape index (κ3) is 4.02. The number of fused-ring (bicyclic) bond motifs is 1. The highest BCUT2D eigenvalue weighted by atomic mass is 32.2. The minimum Gasteiger partial charge on any atom is -0.618 e. The minimum atomic E-state index is -4.88. The van der Waals surface area contributed by atoms with E-state index in [1.165, 1.54) is 12.3 Å². The molecule has 0 bridgehead atoms. The van der Waals surface area contributed by atoms with Crippen molar-refractivity contribution in [3.05, 3.63) is 75.2 Å². The van der Waals surface area contributed by atoms with E-state index in [9.17, 15) is 40.8 Å². The van der Waals surface area contributed by atoms with Gasteiger partial charge in [-0.2, -0.15) is 17.9 Å². The van der Waals surface area contributed by atoms with E-state index in [4.69, 9.17) is 0 Å². The maximum absolute atomic E-state index is 13.6. The largest absolute Gasteiger partial charge is 0.618 e. The fraction of sp³-hybridized carbons (Fsp3) is 0.211. The summed E-state index contributed by atoms with van der Waals surface area (Å²) in [4.78, 5) is 25.1. The molecule has 0 spiro atoms. The van der Waals surface area contributed by atoms with Crippen molar-refractivity contribution >= 4 is 32.3 Å². The van der Waals surface area contributed by atoms with Crippen LogP contribution in [0.1, 0.15) is 22.0 Å². The molecule has 1 aliphatic heterocycles. The molecule has 0 saturated carbocycles. The third-order valence-corrected chi connectivity index (χ3v) is 6.74. The van der Waals surface area contributed by atoms with Crippen LogP contribution >= 0.6 is 0 Å². The molecule has 13 heteroatoms. The molecule has 2 aromatic heterocycles. The molecule has 8 nitrogen and oxygen atoms in total. The first-order valence-electron chi connectivity index (χ1n) is 9.02. The molecule has 0 unspecified atom stereocenters. The molecule has 32 heavy (non-hydrogen) atoms. The highest BCUT2D eigenvalue weighted by molar-refractivity contribution is 7.92. The van der Waals surface area contributed by atoms with Crippen molar-refractivity contribution in [2.45, 2.75) is 12.2 Å². The van der Waals surface area contributed by atoms with E-state index in [-0.39, 0.29) is 38.9 Å². The summed E-state index contributed by atoms with van der Waals surface area (Å²) in [5.74, 6) is -2.86. The van der Waals surface area contributed by atoms with E-state index >= 15 is 0 Å². The van der Waals surface area contributed by atoms with Gasteiger partial charge < -0.3 is 15.1 Å². The molecule has 3 heterocycles. The van der Waals surface area contributed by atoms with E-state index in [0.717, 1.165) is 16.8 Å². The molecule has 1 fully saturated rings. The van der Waals surface area contributed by atoms with Gasteiger partial charge in [-0.05, 0) is 24.3 Å². The van der Waals surface area contributed by atoms with Crippen LogP contribution in [0.25, 0.3) is 10.9 Å². The maximum atomic E-state index is 13.6. The Morgan fingerprint density at radius 2 is 1.88 bits per heavy atom. The van der Waals surface area contributed by atoms with Crippen LogP contribution in [0.3, 0.4) is 0 Å². The predicted octanol–water partition coefficient (Wildman–Crippen LogP) is 2.01. The van der Waals surface area contributed by atoms with E-state index in [1.54, 1.807) is 0 Å². The van der Waals surface area contributed by atoms with Crippen molar-refractivity contribution in [1.29, 1.82) is 0 Å². The number of benzene rings is 1. The number of anilines is 1. The van der Waals surface area contributed by atoms with E-state index in [1.807, 2.05) is 0 Å². The first kappa shape index (κ1) is 21.7. The standard InChI is InChI=1S/C19H13F4N3O5S/c20-12-4-10(3-11(5-12)19(21,22)23)17(27)24-13-6-15-16(26(29)7-13)1-2-25(18(15)28)14-8-32(30,31)9-14/h1-7,14H,8-9H2,(H,24,27). The average Bonchev–Trinajstić information content (AvgIpc) is 2.66. The summed E-state index contributed by atoms with van der Waals surface area (Å²) in [6, 6.07) is 3.14. The Morgan fingerprint density at radius 3 is 2.50 bits per heavy atom. The van der Waals surface area contributed by atoms with Gasteiger partial charge >= 0.3 is 6.18 Å². The quantitative estimate of drug-likeness (QED) is 0.357. The summed E-state index contributed by atoms with van der Waals surface area (Å²) in [6.45, 7) is 0. The van der Waals surface area contributed by atoms with E-state index < -0.39 is 50.5 Å². The second kappa shape index (κ2) is 7.29. The second-order valence-electron chi connectivity index (χ2n) is 7.29. The number of aromatic nitrogens is 2. The lowest BCUT2D eigenvalue weighted by Crippen LogP contribution is -2.43. The Bertz CT molecular complexity index is 1420. The van der Waals surface area contributed by atoms with Crippen LogP contribution in [0.5, 0.6) is 0 Å². The number of pyridine rings is 2. The Balaban J connectivity index is 1.70. The lowest BCUT2D eigenvalue weighted by atomic mass is 10.1. The third-order valence-electron chi connectivity index (χ3n) is 4.96. The number of nitrogens with zero attached hydrogens (tertiary/aromatic N) is 2. The molecular weight excluding hydrogens is 458 g/mol. The summed E-state index contributed by atoms with van der Waals surface area (Å²) < 4.78 is 76.5. The molecule has 4 rings (SSSR count). The summed E-state index contributed by atoms with van der Waals surface area (Å²) in [7, 11) is -3.22. The highest BCUT2D eigenvalue weighted by Gasteiger charge is 2.36. The Morgan fingerprint density at radius 1 is 1.19 bits per heavy atom. The summed E-state index contributed by atoms with van der Waals surface area (Å²) in [5.41, 5.74) is -2.95. The predicted molar refractivity (Wildman–Crippen MR) is 104 cm³/mol. The molecule has 1 aliphatic rings. The maximum Gasteiger partial charge on any atom is 0.416 e. The van der Waals surface area contributed by atoms with Crippen molar-refractivity contribution < 1.29 is 35.5 Å². The van der Waals surface area contributed by atoms with Crippen LogP contribution < -0.4 is 15.6 Å². The minimum absolute atomic E-state index is 0.0588. The Hall–Kier alpha value is -3.48. The molecule has 0 aliphatic carbocycles. The van der Waals surface area contributed by atoms with Gasteiger partial charge in [-0.25, -0.2) is 12.8 Å². The fourth-order valence-electron chi connectivity index (χ4n) is 3.42. The van der Waals surface area contributed by atoms with Gasteiger partial charge in [-0.1, -0.05) is 0 Å².